The van der Waals surface area contributed by atoms with Gasteiger partial charge in [0.25, 0.3) is 5.56 Å². The van der Waals surface area contributed by atoms with E-state index in [2.05, 4.69) is 9.97 Å². The number of aromatic nitrogens is 2. The van der Waals surface area contributed by atoms with E-state index < -0.39 is 29.7 Å². The van der Waals surface area contributed by atoms with E-state index >= 15 is 0 Å². The quantitative estimate of drug-likeness (QED) is 0.402. The van der Waals surface area contributed by atoms with Crippen molar-refractivity contribution in [1.29, 1.82) is 0 Å². The minimum absolute atomic E-state index is 0.0697. The molecule has 1 fully saturated rings. The third-order valence-corrected chi connectivity index (χ3v) is 6.34. The van der Waals surface area contributed by atoms with Gasteiger partial charge in [-0.05, 0) is 35.7 Å². The molecule has 4 aromatic rings. The fraction of sp³-hybridized carbons (Fsp3) is 0.286. The van der Waals surface area contributed by atoms with Crippen LogP contribution in [-0.4, -0.2) is 33.4 Å². The van der Waals surface area contributed by atoms with Crippen LogP contribution in [0.4, 0.5) is 0 Å². The average molecular weight is 473 g/mol. The first kappa shape index (κ1) is 23.4. The van der Waals surface area contributed by atoms with Gasteiger partial charge in [-0.3, -0.25) is 4.79 Å². The molecule has 0 radical (unpaired) electrons. The summed E-state index contributed by atoms with van der Waals surface area (Å²) < 4.78 is 18.8. The highest BCUT2D eigenvalue weighted by molar-refractivity contribution is 5.74. The molecule has 0 amide bonds. The van der Waals surface area contributed by atoms with Crippen molar-refractivity contribution in [3.8, 4) is 0 Å². The molecule has 1 unspecified atom stereocenters. The number of rotatable bonds is 8. The van der Waals surface area contributed by atoms with Crippen LogP contribution < -0.4 is 5.56 Å². The number of pyridine rings is 2. The maximum Gasteiger partial charge on any atom is 0.258 e. The van der Waals surface area contributed by atoms with Gasteiger partial charge in [-0.15, -0.1) is 0 Å². The lowest BCUT2D eigenvalue weighted by Crippen LogP contribution is -2.46. The molecule has 7 heteroatoms. The van der Waals surface area contributed by atoms with Crippen LogP contribution in [0.2, 0.25) is 0 Å². The predicted molar refractivity (Wildman–Crippen MR) is 131 cm³/mol. The highest BCUT2D eigenvalue weighted by Crippen LogP contribution is 2.42. The summed E-state index contributed by atoms with van der Waals surface area (Å²) in [5.41, 5.74) is 1.96. The highest BCUT2D eigenvalue weighted by atomic mass is 16.7. The zero-order valence-electron chi connectivity index (χ0n) is 19.5. The van der Waals surface area contributed by atoms with E-state index in [1.165, 1.54) is 0 Å². The van der Waals surface area contributed by atoms with Crippen molar-refractivity contribution in [2.45, 2.75) is 50.7 Å². The Labute approximate surface area is 203 Å². The number of nitrogens with zero attached hydrogens (tertiary/aromatic N) is 1. The van der Waals surface area contributed by atoms with Crippen molar-refractivity contribution in [3.63, 3.8) is 0 Å². The molecule has 0 aliphatic carbocycles. The number of aromatic amines is 1. The Bertz CT molecular complexity index is 1330. The molecule has 0 saturated carbocycles. The Balaban J connectivity index is 1.52. The van der Waals surface area contributed by atoms with Crippen LogP contribution in [0.1, 0.15) is 30.0 Å². The molecule has 1 aliphatic rings. The summed E-state index contributed by atoms with van der Waals surface area (Å²) in [5, 5.41) is 12.6. The van der Waals surface area contributed by atoms with Crippen LogP contribution in [0, 0.1) is 0 Å². The number of ether oxygens (including phenoxy) is 3. The molecule has 180 valence electrons. The summed E-state index contributed by atoms with van der Waals surface area (Å²) in [6, 6.07) is 24.7. The first-order chi connectivity index (χ1) is 17.1. The smallest absolute Gasteiger partial charge is 0.258 e. The summed E-state index contributed by atoms with van der Waals surface area (Å²) in [7, 11) is 0. The first-order valence-electron chi connectivity index (χ1n) is 11.8. The number of aliphatic hydroxyl groups is 1. The van der Waals surface area contributed by atoms with Gasteiger partial charge in [-0.25, -0.2) is 4.98 Å². The van der Waals surface area contributed by atoms with E-state index in [9.17, 15) is 9.90 Å². The average Bonchev–Trinajstić information content (AvgIpc) is 3.18. The standard InChI is InChI=1S/C28H28N2O5/c1-2-23-24(33-17-19-10-5-3-6-11-19)25(34-18-20-12-7-4-8-13-20)28(32,35-23)22-16-21-14-9-15-29-26(21)30-27(22)31/h3-16,23-25,32H,2,17-18H2,1H3,(H,29,30,31)/t23-,24?,25+,28+/m1/s1. The first-order valence-corrected chi connectivity index (χ1v) is 11.8. The van der Waals surface area contributed by atoms with E-state index in [-0.39, 0.29) is 12.2 Å². The van der Waals surface area contributed by atoms with Crippen LogP contribution in [-0.2, 0) is 33.2 Å². The number of H-pyrrole nitrogens is 1. The van der Waals surface area contributed by atoms with Crippen molar-refractivity contribution in [1.82, 2.24) is 9.97 Å². The van der Waals surface area contributed by atoms with Gasteiger partial charge < -0.3 is 24.3 Å². The van der Waals surface area contributed by atoms with Gasteiger partial charge in [0.2, 0.25) is 5.79 Å². The summed E-state index contributed by atoms with van der Waals surface area (Å²) in [5.74, 6) is -2.01. The van der Waals surface area contributed by atoms with Crippen LogP contribution in [0.5, 0.6) is 0 Å². The summed E-state index contributed by atoms with van der Waals surface area (Å²) in [4.78, 5) is 20.1. The normalized spacial score (nSPS) is 24.1. The number of fused-ring (bicyclic) bond motifs is 1. The molecule has 2 aromatic heterocycles. The fourth-order valence-corrected chi connectivity index (χ4v) is 4.54. The molecule has 7 nitrogen and oxygen atoms in total. The lowest BCUT2D eigenvalue weighted by molar-refractivity contribution is -0.250. The van der Waals surface area contributed by atoms with Gasteiger partial charge >= 0.3 is 0 Å². The SMILES string of the molecule is CC[C@H]1O[C@@](O)(c2cc3cccnc3[nH]c2=O)[C@@H](OCc2ccccc2)C1OCc1ccccc1. The Hall–Kier alpha value is -3.36. The van der Waals surface area contributed by atoms with E-state index in [1.807, 2.05) is 73.7 Å². The molecular weight excluding hydrogens is 444 g/mol. The van der Waals surface area contributed by atoms with E-state index in [0.29, 0.717) is 24.1 Å². The number of nitrogens with one attached hydrogen (secondary N) is 1. The molecule has 2 N–H and O–H groups in total. The van der Waals surface area contributed by atoms with E-state index in [4.69, 9.17) is 14.2 Å². The highest BCUT2D eigenvalue weighted by Gasteiger charge is 2.57. The molecule has 35 heavy (non-hydrogen) atoms. The lowest BCUT2D eigenvalue weighted by Gasteiger charge is -2.30. The van der Waals surface area contributed by atoms with Crippen molar-refractivity contribution in [3.05, 3.63) is 112 Å². The maximum absolute atomic E-state index is 13.1. The zero-order chi connectivity index (χ0) is 24.3. The minimum atomic E-state index is -2.01. The molecule has 3 heterocycles. The van der Waals surface area contributed by atoms with Gasteiger partial charge in [0, 0.05) is 11.6 Å². The van der Waals surface area contributed by atoms with Crippen LogP contribution >= 0.6 is 0 Å². The van der Waals surface area contributed by atoms with Crippen molar-refractivity contribution in [2.75, 3.05) is 0 Å². The van der Waals surface area contributed by atoms with Gasteiger partial charge in [-0.1, -0.05) is 67.6 Å². The molecule has 2 aromatic carbocycles. The topological polar surface area (TPSA) is 93.7 Å². The molecule has 1 aliphatic heterocycles. The number of benzene rings is 2. The molecule has 4 atom stereocenters. The number of hydrogen-bond acceptors (Lipinski definition) is 6. The Morgan fingerprint density at radius 2 is 1.63 bits per heavy atom. The second-order valence-corrected chi connectivity index (χ2v) is 8.69. The minimum Gasteiger partial charge on any atom is -0.368 e. The summed E-state index contributed by atoms with van der Waals surface area (Å²) in [6.45, 7) is 2.51. The second-order valence-electron chi connectivity index (χ2n) is 8.69. The van der Waals surface area contributed by atoms with Crippen LogP contribution in [0.25, 0.3) is 11.0 Å². The maximum atomic E-state index is 13.1. The molecule has 1 saturated heterocycles. The third-order valence-electron chi connectivity index (χ3n) is 6.34. The Morgan fingerprint density at radius 1 is 0.971 bits per heavy atom. The predicted octanol–water partition coefficient (Wildman–Crippen LogP) is 4.05. The summed E-state index contributed by atoms with van der Waals surface area (Å²) >= 11 is 0. The zero-order valence-corrected chi connectivity index (χ0v) is 19.5. The molecule has 0 bridgehead atoms. The van der Waals surface area contributed by atoms with E-state index in [0.717, 1.165) is 11.1 Å². The van der Waals surface area contributed by atoms with Gasteiger partial charge in [0.05, 0.1) is 24.9 Å². The molecule has 5 rings (SSSR count). The van der Waals surface area contributed by atoms with Crippen LogP contribution in [0.3, 0.4) is 0 Å². The van der Waals surface area contributed by atoms with Crippen molar-refractivity contribution >= 4 is 11.0 Å². The summed E-state index contributed by atoms with van der Waals surface area (Å²) in [6.07, 6.45) is 0.156. The molecular formula is C28H28N2O5. The fourth-order valence-electron chi connectivity index (χ4n) is 4.54. The van der Waals surface area contributed by atoms with Crippen molar-refractivity contribution < 1.29 is 19.3 Å². The molecule has 0 spiro atoms. The van der Waals surface area contributed by atoms with Gasteiger partial charge in [-0.2, -0.15) is 0 Å². The lowest BCUT2D eigenvalue weighted by atomic mass is 9.97. The second kappa shape index (κ2) is 10.1. The Kier molecular flexibility index (Phi) is 6.74. The largest absolute Gasteiger partial charge is 0.368 e. The Morgan fingerprint density at radius 3 is 2.29 bits per heavy atom. The monoisotopic (exact) mass is 472 g/mol. The number of hydrogen-bond donors (Lipinski definition) is 2. The van der Waals surface area contributed by atoms with Gasteiger partial charge in [0.1, 0.15) is 17.9 Å². The van der Waals surface area contributed by atoms with Crippen molar-refractivity contribution in [2.24, 2.45) is 0 Å². The third kappa shape index (κ3) is 4.76. The van der Waals surface area contributed by atoms with Crippen LogP contribution in [0.15, 0.2) is 89.9 Å². The van der Waals surface area contributed by atoms with Gasteiger partial charge in [0.15, 0.2) is 0 Å². The van der Waals surface area contributed by atoms with E-state index in [1.54, 1.807) is 18.3 Å².